The van der Waals surface area contributed by atoms with E-state index in [9.17, 15) is 4.79 Å². The minimum atomic E-state index is 0.0148. The van der Waals surface area contributed by atoms with Crippen LogP contribution >= 0.6 is 11.6 Å². The van der Waals surface area contributed by atoms with Crippen LogP contribution in [0.25, 0.3) is 0 Å². The van der Waals surface area contributed by atoms with Crippen molar-refractivity contribution in [1.29, 1.82) is 0 Å². The first-order valence-electron chi connectivity index (χ1n) is 8.13. The van der Waals surface area contributed by atoms with Gasteiger partial charge in [-0.15, -0.1) is 0 Å². The average molecular weight is 346 g/mol. The molecule has 0 saturated carbocycles. The van der Waals surface area contributed by atoms with E-state index in [0.717, 1.165) is 33.1 Å². The van der Waals surface area contributed by atoms with Crippen molar-refractivity contribution in [2.75, 3.05) is 11.9 Å². The van der Waals surface area contributed by atoms with E-state index in [4.69, 9.17) is 16.3 Å². The molecule has 1 N–H and O–H groups in total. The van der Waals surface area contributed by atoms with E-state index in [0.29, 0.717) is 19.4 Å². The lowest BCUT2D eigenvalue weighted by Crippen LogP contribution is -2.14. The highest BCUT2D eigenvalue weighted by Crippen LogP contribution is 2.23. The van der Waals surface area contributed by atoms with Gasteiger partial charge in [0.25, 0.3) is 0 Å². The molecule has 2 aromatic rings. The summed E-state index contributed by atoms with van der Waals surface area (Å²) in [5.41, 5.74) is 5.29. The van der Waals surface area contributed by atoms with Gasteiger partial charge in [-0.1, -0.05) is 29.3 Å². The average Bonchev–Trinajstić information content (AvgIpc) is 2.51. The summed E-state index contributed by atoms with van der Waals surface area (Å²) < 4.78 is 5.67. The fraction of sp³-hybridized carbons (Fsp3) is 0.350. The van der Waals surface area contributed by atoms with Gasteiger partial charge in [-0.3, -0.25) is 4.79 Å². The van der Waals surface area contributed by atoms with Crippen LogP contribution in [0, 0.1) is 27.7 Å². The number of hydrogen-bond acceptors (Lipinski definition) is 2. The summed E-state index contributed by atoms with van der Waals surface area (Å²) in [5.74, 6) is 0.795. The van der Waals surface area contributed by atoms with Gasteiger partial charge in [0, 0.05) is 17.1 Å². The zero-order valence-electron chi connectivity index (χ0n) is 14.7. The van der Waals surface area contributed by atoms with Crippen molar-refractivity contribution in [3.05, 3.63) is 57.6 Å². The highest BCUT2D eigenvalue weighted by atomic mass is 35.5. The topological polar surface area (TPSA) is 38.3 Å². The molecule has 0 aliphatic rings. The lowest BCUT2D eigenvalue weighted by molar-refractivity contribution is -0.116. The van der Waals surface area contributed by atoms with Crippen LogP contribution in [-0.2, 0) is 4.79 Å². The zero-order chi connectivity index (χ0) is 17.7. The first-order chi connectivity index (χ1) is 11.4. The Morgan fingerprint density at radius 2 is 1.71 bits per heavy atom. The number of anilines is 1. The molecule has 1 amide bonds. The molecule has 0 aliphatic carbocycles. The Bertz CT molecular complexity index is 717. The molecule has 2 aromatic carbocycles. The lowest BCUT2D eigenvalue weighted by Gasteiger charge is -2.13. The summed E-state index contributed by atoms with van der Waals surface area (Å²) in [6.07, 6.45) is 1.09. The molecule has 0 atom stereocenters. The maximum atomic E-state index is 12.1. The molecule has 0 saturated heterocycles. The first-order valence-corrected chi connectivity index (χ1v) is 8.51. The fourth-order valence-electron chi connectivity index (χ4n) is 2.71. The van der Waals surface area contributed by atoms with Crippen molar-refractivity contribution in [2.45, 2.75) is 40.5 Å². The van der Waals surface area contributed by atoms with E-state index in [1.807, 2.05) is 39.0 Å². The maximum Gasteiger partial charge on any atom is 0.224 e. The standard InChI is InChI=1S/C20H24ClNO2/c1-13-10-15(3)20(16(4)11-13)22-19(23)6-5-9-24-17-7-8-18(21)14(2)12-17/h7-8,10-12H,5-6,9H2,1-4H3,(H,22,23). The highest BCUT2D eigenvalue weighted by molar-refractivity contribution is 6.31. The van der Waals surface area contributed by atoms with Gasteiger partial charge < -0.3 is 10.1 Å². The van der Waals surface area contributed by atoms with E-state index >= 15 is 0 Å². The Hall–Kier alpha value is -2.00. The molecule has 3 nitrogen and oxygen atoms in total. The third kappa shape index (κ3) is 5.00. The van der Waals surface area contributed by atoms with Crippen LogP contribution in [0.1, 0.15) is 35.1 Å². The second-order valence-electron chi connectivity index (χ2n) is 6.18. The molecular weight excluding hydrogens is 322 g/mol. The predicted molar refractivity (Wildman–Crippen MR) is 100 cm³/mol. The number of aryl methyl sites for hydroxylation is 4. The Kier molecular flexibility index (Phi) is 6.27. The van der Waals surface area contributed by atoms with Gasteiger partial charge in [-0.25, -0.2) is 0 Å². The molecular formula is C20H24ClNO2. The molecule has 4 heteroatoms. The SMILES string of the molecule is Cc1cc(C)c(NC(=O)CCCOc2ccc(Cl)c(C)c2)c(C)c1. The molecule has 128 valence electrons. The highest BCUT2D eigenvalue weighted by Gasteiger charge is 2.08. The Balaban J connectivity index is 1.80. The number of amides is 1. The van der Waals surface area contributed by atoms with E-state index in [2.05, 4.69) is 24.4 Å². The van der Waals surface area contributed by atoms with Gasteiger partial charge >= 0.3 is 0 Å². The number of halogens is 1. The number of benzene rings is 2. The van der Waals surface area contributed by atoms with Gasteiger partial charge in [0.2, 0.25) is 5.91 Å². The molecule has 0 bridgehead atoms. The van der Waals surface area contributed by atoms with Gasteiger partial charge in [-0.05, 0) is 69.0 Å². The van der Waals surface area contributed by atoms with Crippen LogP contribution in [-0.4, -0.2) is 12.5 Å². The van der Waals surface area contributed by atoms with E-state index < -0.39 is 0 Å². The molecule has 0 aliphatic heterocycles. The third-order valence-corrected chi connectivity index (χ3v) is 4.31. The molecule has 0 heterocycles. The minimum absolute atomic E-state index is 0.0148. The zero-order valence-corrected chi connectivity index (χ0v) is 15.5. The van der Waals surface area contributed by atoms with Crippen LogP contribution in [0.2, 0.25) is 5.02 Å². The van der Waals surface area contributed by atoms with Gasteiger partial charge in [0.1, 0.15) is 5.75 Å². The largest absolute Gasteiger partial charge is 0.494 e. The Labute approximate surface area is 149 Å². The second kappa shape index (κ2) is 8.20. The van der Waals surface area contributed by atoms with Crippen molar-refractivity contribution in [2.24, 2.45) is 0 Å². The van der Waals surface area contributed by atoms with Gasteiger partial charge in [0.15, 0.2) is 0 Å². The molecule has 0 radical (unpaired) electrons. The van der Waals surface area contributed by atoms with E-state index in [1.54, 1.807) is 0 Å². The summed E-state index contributed by atoms with van der Waals surface area (Å²) in [6, 6.07) is 9.72. The number of rotatable bonds is 6. The van der Waals surface area contributed by atoms with Crippen LogP contribution < -0.4 is 10.1 Å². The maximum absolute atomic E-state index is 12.1. The smallest absolute Gasteiger partial charge is 0.224 e. The number of nitrogens with one attached hydrogen (secondary N) is 1. The molecule has 2 rings (SSSR count). The lowest BCUT2D eigenvalue weighted by atomic mass is 10.0. The summed E-state index contributed by atoms with van der Waals surface area (Å²) in [4.78, 5) is 12.1. The summed E-state index contributed by atoms with van der Waals surface area (Å²) in [5, 5.41) is 3.74. The first kappa shape index (κ1) is 18.3. The number of carbonyl (C=O) groups is 1. The van der Waals surface area contributed by atoms with Crippen LogP contribution in [0.3, 0.4) is 0 Å². The third-order valence-electron chi connectivity index (χ3n) is 3.89. The van der Waals surface area contributed by atoms with E-state index in [1.165, 1.54) is 5.56 Å². The number of ether oxygens (including phenoxy) is 1. The summed E-state index contributed by atoms with van der Waals surface area (Å²) >= 11 is 5.99. The molecule has 0 unspecified atom stereocenters. The van der Waals surface area contributed by atoms with Crippen LogP contribution in [0.5, 0.6) is 5.75 Å². The van der Waals surface area contributed by atoms with Crippen LogP contribution in [0.15, 0.2) is 30.3 Å². The van der Waals surface area contributed by atoms with Gasteiger partial charge in [0.05, 0.1) is 6.61 Å². The van der Waals surface area contributed by atoms with Crippen molar-refractivity contribution in [3.63, 3.8) is 0 Å². The van der Waals surface area contributed by atoms with E-state index in [-0.39, 0.29) is 5.91 Å². The quantitative estimate of drug-likeness (QED) is 0.714. The Morgan fingerprint density at radius 1 is 1.04 bits per heavy atom. The molecule has 0 fully saturated rings. The predicted octanol–water partition coefficient (Wildman–Crippen LogP) is 5.37. The normalized spacial score (nSPS) is 10.5. The summed E-state index contributed by atoms with van der Waals surface area (Å²) in [6.45, 7) is 8.53. The summed E-state index contributed by atoms with van der Waals surface area (Å²) in [7, 11) is 0. The van der Waals surface area contributed by atoms with Crippen molar-refractivity contribution in [3.8, 4) is 5.75 Å². The van der Waals surface area contributed by atoms with Crippen molar-refractivity contribution in [1.82, 2.24) is 0 Å². The number of hydrogen-bond donors (Lipinski definition) is 1. The van der Waals surface area contributed by atoms with Crippen molar-refractivity contribution >= 4 is 23.2 Å². The molecule has 24 heavy (non-hydrogen) atoms. The van der Waals surface area contributed by atoms with Crippen LogP contribution in [0.4, 0.5) is 5.69 Å². The minimum Gasteiger partial charge on any atom is -0.494 e. The second-order valence-corrected chi connectivity index (χ2v) is 6.59. The van der Waals surface area contributed by atoms with Crippen molar-refractivity contribution < 1.29 is 9.53 Å². The molecule has 0 spiro atoms. The fourth-order valence-corrected chi connectivity index (χ4v) is 2.83. The van der Waals surface area contributed by atoms with Gasteiger partial charge in [-0.2, -0.15) is 0 Å². The monoisotopic (exact) mass is 345 g/mol. The number of carbonyl (C=O) groups excluding carboxylic acids is 1. The molecule has 0 aromatic heterocycles. The Morgan fingerprint density at radius 3 is 2.33 bits per heavy atom.